The Morgan fingerprint density at radius 3 is 2.56 bits per heavy atom. The van der Waals surface area contributed by atoms with Crippen LogP contribution in [0.4, 0.5) is 28.9 Å². The molecule has 0 saturated carbocycles. The molecule has 45 heavy (non-hydrogen) atoms. The summed E-state index contributed by atoms with van der Waals surface area (Å²) in [6.07, 6.45) is -4.43. The van der Waals surface area contributed by atoms with Crippen molar-refractivity contribution in [3.63, 3.8) is 0 Å². The monoisotopic (exact) mass is 633 g/mol. The normalized spacial score (nSPS) is 17.2. The number of rotatable bonds is 12. The molecule has 0 bridgehead atoms. The molecule has 2 aromatic carbocycles. The van der Waals surface area contributed by atoms with E-state index in [1.54, 1.807) is 36.4 Å². The van der Waals surface area contributed by atoms with Crippen molar-refractivity contribution in [2.45, 2.75) is 50.2 Å². The molecule has 1 fully saturated rings. The number of fused-ring (bicyclic) bond motifs is 1. The molecule has 4 rings (SSSR count). The number of nitrogens with zero attached hydrogens (tertiary/aromatic N) is 2. The number of likely N-dealkylation sites (tertiary alicyclic amines) is 1. The maximum atomic E-state index is 14.7. The molecule has 1 amide bonds. The van der Waals surface area contributed by atoms with Gasteiger partial charge in [-0.3, -0.25) is 4.79 Å². The zero-order chi connectivity index (χ0) is 32.6. The van der Waals surface area contributed by atoms with Crippen LogP contribution in [-0.2, 0) is 6.54 Å². The van der Waals surface area contributed by atoms with Gasteiger partial charge in [0.15, 0.2) is 0 Å². The van der Waals surface area contributed by atoms with Gasteiger partial charge in [0.25, 0.3) is 5.91 Å². The number of anilines is 2. The van der Waals surface area contributed by atoms with Crippen LogP contribution < -0.4 is 20.7 Å². The number of amides is 1. The first-order valence-electron chi connectivity index (χ1n) is 14.7. The molecule has 9 nitrogen and oxygen atoms in total. The molecule has 3 aromatic rings. The van der Waals surface area contributed by atoms with Crippen molar-refractivity contribution in [1.82, 2.24) is 14.8 Å². The summed E-state index contributed by atoms with van der Waals surface area (Å²) in [6.45, 7) is -0.441. The number of halogens is 4. The Labute approximate surface area is 259 Å². The lowest BCUT2D eigenvalue weighted by atomic mass is 10.0. The summed E-state index contributed by atoms with van der Waals surface area (Å²) < 4.78 is 62.1. The molecular weight excluding hydrogens is 594 g/mol. The van der Waals surface area contributed by atoms with Gasteiger partial charge >= 0.3 is 6.18 Å². The molecule has 2 atom stereocenters. The van der Waals surface area contributed by atoms with Crippen LogP contribution in [0, 0.1) is 11.8 Å². The molecule has 0 radical (unpaired) electrons. The number of carbonyl (C=O) groups is 1. The first-order chi connectivity index (χ1) is 21.5. The van der Waals surface area contributed by atoms with Gasteiger partial charge in [-0.25, -0.2) is 4.39 Å². The van der Waals surface area contributed by atoms with Crippen molar-refractivity contribution in [3.05, 3.63) is 53.7 Å². The van der Waals surface area contributed by atoms with Gasteiger partial charge in [-0.15, -0.1) is 0 Å². The van der Waals surface area contributed by atoms with Crippen molar-refractivity contribution < 1.29 is 37.3 Å². The predicted octanol–water partition coefficient (Wildman–Crippen LogP) is 3.99. The highest BCUT2D eigenvalue weighted by Gasteiger charge is 2.31. The number of hydrogen-bond acceptors (Lipinski definition) is 7. The molecule has 244 valence electrons. The highest BCUT2D eigenvalue weighted by Crippen LogP contribution is 2.32. The van der Waals surface area contributed by atoms with Crippen LogP contribution >= 0.6 is 0 Å². The standard InChI is InChI=1S/C32H39F4N5O4/c1-40-14-10-27(25(33)19-40)39-26-6-3-7-29-24(26)18-23(41(29)20-32(34,35)36)5-4-13-37-28-9-8-21(17-30(28)45-2)31(44)38-22(11-15-42)12-16-43/h3,6-9,17-18,22,25,27,37,39,42-43H,10-16,19-20H2,1-2H3,(H,38,44)/t25-,27+/m0/s1. The van der Waals surface area contributed by atoms with E-state index >= 15 is 0 Å². The van der Waals surface area contributed by atoms with Gasteiger partial charge in [0.1, 0.15) is 18.5 Å². The third-order valence-electron chi connectivity index (χ3n) is 7.71. The number of piperidine rings is 1. The molecule has 5 N–H and O–H groups in total. The summed E-state index contributed by atoms with van der Waals surface area (Å²) in [4.78, 5) is 14.6. The Morgan fingerprint density at radius 1 is 1.13 bits per heavy atom. The fourth-order valence-electron chi connectivity index (χ4n) is 5.40. The minimum Gasteiger partial charge on any atom is -0.495 e. The lowest BCUT2D eigenvalue weighted by Gasteiger charge is -2.33. The Kier molecular flexibility index (Phi) is 11.6. The fraction of sp³-hybridized carbons (Fsp3) is 0.469. The zero-order valence-corrected chi connectivity index (χ0v) is 25.3. The van der Waals surface area contributed by atoms with Crippen LogP contribution in [0.25, 0.3) is 10.9 Å². The summed E-state index contributed by atoms with van der Waals surface area (Å²) >= 11 is 0. The van der Waals surface area contributed by atoms with Gasteiger partial charge in [0, 0.05) is 49.0 Å². The second-order valence-electron chi connectivity index (χ2n) is 11.1. The van der Waals surface area contributed by atoms with Gasteiger partial charge in [-0.05, 0) is 68.6 Å². The van der Waals surface area contributed by atoms with Crippen LogP contribution in [-0.4, -0.2) is 97.0 Å². The first-order valence-corrected chi connectivity index (χ1v) is 14.7. The number of carbonyl (C=O) groups excluding carboxylic acids is 1. The Bertz CT molecular complexity index is 1510. The molecule has 0 aliphatic carbocycles. The summed E-state index contributed by atoms with van der Waals surface area (Å²) in [7, 11) is 3.29. The molecule has 13 heteroatoms. The smallest absolute Gasteiger partial charge is 0.406 e. The fourth-order valence-corrected chi connectivity index (χ4v) is 5.40. The Balaban J connectivity index is 1.52. The minimum atomic E-state index is -4.49. The minimum absolute atomic E-state index is 0.0642. The van der Waals surface area contributed by atoms with E-state index in [0.29, 0.717) is 59.4 Å². The lowest BCUT2D eigenvalue weighted by Crippen LogP contribution is -2.46. The largest absolute Gasteiger partial charge is 0.495 e. The highest BCUT2D eigenvalue weighted by molar-refractivity contribution is 5.95. The number of aromatic nitrogens is 1. The van der Waals surface area contributed by atoms with Gasteiger partial charge in [-0.2, -0.15) is 13.2 Å². The van der Waals surface area contributed by atoms with E-state index in [1.165, 1.54) is 13.2 Å². The van der Waals surface area contributed by atoms with Crippen LogP contribution in [0.15, 0.2) is 42.5 Å². The van der Waals surface area contributed by atoms with Crippen molar-refractivity contribution in [1.29, 1.82) is 0 Å². The molecule has 1 aliphatic rings. The number of aliphatic hydroxyl groups is 2. The van der Waals surface area contributed by atoms with Crippen molar-refractivity contribution >= 4 is 28.2 Å². The maximum absolute atomic E-state index is 14.7. The van der Waals surface area contributed by atoms with Gasteiger partial charge in [0.05, 0.1) is 36.6 Å². The van der Waals surface area contributed by atoms with Crippen molar-refractivity contribution in [2.24, 2.45) is 0 Å². The molecule has 0 spiro atoms. The number of aliphatic hydroxyl groups excluding tert-OH is 2. The second-order valence-corrected chi connectivity index (χ2v) is 11.1. The van der Waals surface area contributed by atoms with E-state index in [4.69, 9.17) is 4.74 Å². The van der Waals surface area contributed by atoms with E-state index in [9.17, 15) is 32.6 Å². The molecule has 1 aromatic heterocycles. The molecule has 1 saturated heterocycles. The lowest BCUT2D eigenvalue weighted by molar-refractivity contribution is -0.140. The SMILES string of the molecule is COc1cc(C(=O)NC(CCO)CCO)ccc1NCC#Cc1cc2c(N[C@@H]3CCN(C)C[C@@H]3F)cccc2n1CC(F)(F)F. The average molecular weight is 634 g/mol. The van der Waals surface area contributed by atoms with Crippen LogP contribution in [0.2, 0.25) is 0 Å². The number of ether oxygens (including phenoxy) is 1. The molecule has 0 unspecified atom stereocenters. The average Bonchev–Trinajstić information content (AvgIpc) is 3.33. The third-order valence-corrected chi connectivity index (χ3v) is 7.71. The maximum Gasteiger partial charge on any atom is 0.406 e. The Hall–Kier alpha value is -3.99. The number of methoxy groups -OCH3 is 1. The van der Waals surface area contributed by atoms with Gasteiger partial charge < -0.3 is 40.4 Å². The van der Waals surface area contributed by atoms with Gasteiger partial charge in [-0.1, -0.05) is 12.0 Å². The van der Waals surface area contributed by atoms with E-state index in [-0.39, 0.29) is 38.0 Å². The summed E-state index contributed by atoms with van der Waals surface area (Å²) in [5.74, 6) is 5.69. The number of alkyl halides is 4. The summed E-state index contributed by atoms with van der Waals surface area (Å²) in [6, 6.07) is 10.5. The first kappa shape index (κ1) is 33.9. The highest BCUT2D eigenvalue weighted by atomic mass is 19.4. The number of nitrogens with one attached hydrogen (secondary N) is 3. The molecule has 2 heterocycles. The second kappa shape index (κ2) is 15.3. The summed E-state index contributed by atoms with van der Waals surface area (Å²) in [5, 5.41) is 28.0. The Morgan fingerprint density at radius 2 is 1.89 bits per heavy atom. The quantitative estimate of drug-likeness (QED) is 0.152. The van der Waals surface area contributed by atoms with E-state index in [2.05, 4.69) is 27.8 Å². The predicted molar refractivity (Wildman–Crippen MR) is 165 cm³/mol. The van der Waals surface area contributed by atoms with Crippen LogP contribution in [0.1, 0.15) is 35.3 Å². The molecular formula is C32H39F4N5O4. The zero-order valence-electron chi connectivity index (χ0n) is 25.3. The van der Waals surface area contributed by atoms with E-state index in [1.807, 2.05) is 11.9 Å². The van der Waals surface area contributed by atoms with Gasteiger partial charge in [0.2, 0.25) is 0 Å². The topological polar surface area (TPSA) is 111 Å². The van der Waals surface area contributed by atoms with Crippen LogP contribution in [0.5, 0.6) is 5.75 Å². The molecule has 1 aliphatic heterocycles. The van der Waals surface area contributed by atoms with Crippen molar-refractivity contribution in [3.8, 4) is 17.6 Å². The van der Waals surface area contributed by atoms with Crippen LogP contribution in [0.3, 0.4) is 0 Å². The van der Waals surface area contributed by atoms with E-state index in [0.717, 1.165) is 4.57 Å². The van der Waals surface area contributed by atoms with E-state index < -0.39 is 30.8 Å². The summed E-state index contributed by atoms with van der Waals surface area (Å²) in [5.41, 5.74) is 1.89. The number of hydrogen-bond donors (Lipinski definition) is 5. The van der Waals surface area contributed by atoms with Crippen molar-refractivity contribution in [2.75, 3.05) is 57.6 Å². The number of benzene rings is 2. The third kappa shape index (κ3) is 9.03.